The van der Waals surface area contributed by atoms with E-state index in [1.165, 1.54) is 24.3 Å². The van der Waals surface area contributed by atoms with E-state index in [1.807, 2.05) is 0 Å². The molecule has 1 N–H and O–H groups in total. The van der Waals surface area contributed by atoms with Gasteiger partial charge in [0, 0.05) is 15.8 Å². The first-order valence-electron chi connectivity index (χ1n) is 8.89. The van der Waals surface area contributed by atoms with E-state index in [-0.39, 0.29) is 20.0 Å². The quantitative estimate of drug-likeness (QED) is 0.572. The van der Waals surface area contributed by atoms with Crippen LogP contribution in [-0.2, 0) is 9.84 Å². The van der Waals surface area contributed by atoms with Gasteiger partial charge in [-0.1, -0.05) is 30.5 Å². The van der Waals surface area contributed by atoms with Gasteiger partial charge in [-0.2, -0.15) is 0 Å². The fourth-order valence-electron chi connectivity index (χ4n) is 3.51. The third-order valence-corrected chi connectivity index (χ3v) is 8.88. The SMILES string of the molecule is O=C(Nc1cccc(S(=O)(=O)C2CCCC2)c1)c1sc2cc(F)ccc2c1Cl. The molecule has 28 heavy (non-hydrogen) atoms. The number of nitrogens with one attached hydrogen (secondary N) is 1. The number of halogens is 2. The fraction of sp³-hybridized carbons (Fsp3) is 0.250. The summed E-state index contributed by atoms with van der Waals surface area (Å²) in [6, 6.07) is 10.4. The van der Waals surface area contributed by atoms with Crippen LogP contribution in [0.25, 0.3) is 10.1 Å². The molecule has 0 aliphatic heterocycles. The van der Waals surface area contributed by atoms with Crippen molar-refractivity contribution in [3.8, 4) is 0 Å². The maximum absolute atomic E-state index is 13.4. The van der Waals surface area contributed by atoms with Crippen LogP contribution >= 0.6 is 22.9 Å². The van der Waals surface area contributed by atoms with E-state index in [0.29, 0.717) is 28.6 Å². The van der Waals surface area contributed by atoms with E-state index >= 15 is 0 Å². The molecule has 4 nitrogen and oxygen atoms in total. The topological polar surface area (TPSA) is 63.2 Å². The molecule has 0 atom stereocenters. The molecule has 0 bridgehead atoms. The van der Waals surface area contributed by atoms with Crippen molar-refractivity contribution in [1.82, 2.24) is 0 Å². The second kappa shape index (κ2) is 7.46. The number of carbonyl (C=O) groups excluding carboxylic acids is 1. The van der Waals surface area contributed by atoms with Crippen LogP contribution in [-0.4, -0.2) is 19.6 Å². The molecule has 146 valence electrons. The lowest BCUT2D eigenvalue weighted by Gasteiger charge is -2.12. The Balaban J connectivity index is 1.61. The van der Waals surface area contributed by atoms with E-state index in [2.05, 4.69) is 5.32 Å². The van der Waals surface area contributed by atoms with Crippen molar-refractivity contribution in [3.05, 3.63) is 58.2 Å². The monoisotopic (exact) mass is 437 g/mol. The molecule has 1 saturated carbocycles. The normalized spacial score (nSPS) is 15.2. The second-order valence-electron chi connectivity index (χ2n) is 6.82. The van der Waals surface area contributed by atoms with Crippen LogP contribution in [0.1, 0.15) is 35.4 Å². The predicted octanol–water partition coefficient (Wildman–Crippen LogP) is 5.66. The number of benzene rings is 2. The van der Waals surface area contributed by atoms with Crippen LogP contribution in [0.3, 0.4) is 0 Å². The average molecular weight is 438 g/mol. The van der Waals surface area contributed by atoms with Crippen LogP contribution in [0.5, 0.6) is 0 Å². The van der Waals surface area contributed by atoms with E-state index in [0.717, 1.165) is 24.2 Å². The largest absolute Gasteiger partial charge is 0.321 e. The molecule has 1 aliphatic rings. The van der Waals surface area contributed by atoms with Gasteiger partial charge in [-0.05, 0) is 49.2 Å². The first-order chi connectivity index (χ1) is 13.4. The van der Waals surface area contributed by atoms with E-state index < -0.39 is 21.6 Å². The average Bonchev–Trinajstić information content (AvgIpc) is 3.31. The summed E-state index contributed by atoms with van der Waals surface area (Å²) in [6.45, 7) is 0. The lowest BCUT2D eigenvalue weighted by Crippen LogP contribution is -2.18. The van der Waals surface area contributed by atoms with Gasteiger partial charge in [0.1, 0.15) is 10.7 Å². The molecular formula is C20H17ClFNO3S2. The van der Waals surface area contributed by atoms with Crippen LogP contribution in [0.4, 0.5) is 10.1 Å². The molecule has 2 aromatic carbocycles. The number of amides is 1. The Morgan fingerprint density at radius 1 is 1.14 bits per heavy atom. The fourth-order valence-corrected chi connectivity index (χ4v) is 6.85. The molecule has 0 unspecified atom stereocenters. The van der Waals surface area contributed by atoms with Gasteiger partial charge in [0.15, 0.2) is 9.84 Å². The number of anilines is 1. The number of fused-ring (bicyclic) bond motifs is 1. The molecule has 0 spiro atoms. The number of carbonyl (C=O) groups is 1. The molecule has 1 aliphatic carbocycles. The van der Waals surface area contributed by atoms with Crippen molar-refractivity contribution in [3.63, 3.8) is 0 Å². The van der Waals surface area contributed by atoms with Crippen molar-refractivity contribution < 1.29 is 17.6 Å². The van der Waals surface area contributed by atoms with Gasteiger partial charge in [-0.3, -0.25) is 4.79 Å². The number of rotatable bonds is 4. The third-order valence-electron chi connectivity index (χ3n) is 4.96. The van der Waals surface area contributed by atoms with Gasteiger partial charge in [-0.15, -0.1) is 11.3 Å². The summed E-state index contributed by atoms with van der Waals surface area (Å²) in [5.74, 6) is -0.857. The summed E-state index contributed by atoms with van der Waals surface area (Å²) in [5, 5.41) is 3.21. The Hall–Kier alpha value is -1.96. The Kier molecular flexibility index (Phi) is 5.16. The third kappa shape index (κ3) is 3.54. The predicted molar refractivity (Wildman–Crippen MR) is 111 cm³/mol. The molecule has 1 fully saturated rings. The highest BCUT2D eigenvalue weighted by Gasteiger charge is 2.30. The maximum atomic E-state index is 13.4. The van der Waals surface area contributed by atoms with E-state index in [4.69, 9.17) is 11.6 Å². The van der Waals surface area contributed by atoms with Crippen molar-refractivity contribution in [2.24, 2.45) is 0 Å². The lowest BCUT2D eigenvalue weighted by atomic mass is 10.2. The standard InChI is InChI=1S/C20H17ClFNO3S2/c21-18-16-9-8-12(22)10-17(16)27-19(18)20(24)23-13-4-3-7-15(11-13)28(25,26)14-5-1-2-6-14/h3-4,7-11,14H,1-2,5-6H2,(H,23,24). The first kappa shape index (κ1) is 19.4. The van der Waals surface area contributed by atoms with Gasteiger partial charge in [0.25, 0.3) is 5.91 Å². The van der Waals surface area contributed by atoms with Crippen LogP contribution < -0.4 is 5.32 Å². The second-order valence-corrected chi connectivity index (χ2v) is 10.5. The number of thiophene rings is 1. The van der Waals surface area contributed by atoms with Crippen LogP contribution in [0.15, 0.2) is 47.4 Å². The Morgan fingerprint density at radius 3 is 2.64 bits per heavy atom. The molecule has 4 rings (SSSR count). The smallest absolute Gasteiger partial charge is 0.267 e. The zero-order chi connectivity index (χ0) is 19.9. The molecule has 1 heterocycles. The highest BCUT2D eigenvalue weighted by molar-refractivity contribution is 7.92. The van der Waals surface area contributed by atoms with E-state index in [1.54, 1.807) is 18.2 Å². The highest BCUT2D eigenvalue weighted by Crippen LogP contribution is 2.36. The molecule has 0 saturated heterocycles. The minimum absolute atomic E-state index is 0.210. The summed E-state index contributed by atoms with van der Waals surface area (Å²) in [6.07, 6.45) is 3.19. The number of hydrogen-bond donors (Lipinski definition) is 1. The van der Waals surface area contributed by atoms with E-state index in [9.17, 15) is 17.6 Å². The molecule has 1 aromatic heterocycles. The van der Waals surface area contributed by atoms with Gasteiger partial charge in [0.05, 0.1) is 15.2 Å². The number of sulfone groups is 1. The van der Waals surface area contributed by atoms with Gasteiger partial charge < -0.3 is 5.32 Å². The summed E-state index contributed by atoms with van der Waals surface area (Å²) in [7, 11) is -3.41. The zero-order valence-corrected chi connectivity index (χ0v) is 17.1. The first-order valence-corrected chi connectivity index (χ1v) is 11.6. The molecule has 8 heteroatoms. The van der Waals surface area contributed by atoms with Crippen molar-refractivity contribution in [1.29, 1.82) is 0 Å². The number of hydrogen-bond acceptors (Lipinski definition) is 4. The summed E-state index contributed by atoms with van der Waals surface area (Å²) in [5.41, 5.74) is 0.378. The lowest BCUT2D eigenvalue weighted by molar-refractivity contribution is 0.103. The summed E-state index contributed by atoms with van der Waals surface area (Å²) < 4.78 is 39.5. The Bertz CT molecular complexity index is 1170. The van der Waals surface area contributed by atoms with Crippen LogP contribution in [0, 0.1) is 5.82 Å². The minimum Gasteiger partial charge on any atom is -0.321 e. The summed E-state index contributed by atoms with van der Waals surface area (Å²) >= 11 is 7.39. The molecular weight excluding hydrogens is 421 g/mol. The highest BCUT2D eigenvalue weighted by atomic mass is 35.5. The van der Waals surface area contributed by atoms with Crippen molar-refractivity contribution in [2.45, 2.75) is 35.8 Å². The summed E-state index contributed by atoms with van der Waals surface area (Å²) in [4.78, 5) is 13.1. The van der Waals surface area contributed by atoms with Gasteiger partial charge in [0.2, 0.25) is 0 Å². The molecule has 0 radical (unpaired) electrons. The molecule has 1 amide bonds. The van der Waals surface area contributed by atoms with Gasteiger partial charge in [-0.25, -0.2) is 12.8 Å². The van der Waals surface area contributed by atoms with Crippen molar-refractivity contribution in [2.75, 3.05) is 5.32 Å². The molecule has 3 aromatic rings. The van der Waals surface area contributed by atoms with Gasteiger partial charge >= 0.3 is 0 Å². The minimum atomic E-state index is -3.41. The zero-order valence-electron chi connectivity index (χ0n) is 14.7. The Morgan fingerprint density at radius 2 is 1.89 bits per heavy atom. The maximum Gasteiger partial charge on any atom is 0.267 e. The Labute approximate surface area is 171 Å². The van der Waals surface area contributed by atoms with Crippen LogP contribution in [0.2, 0.25) is 5.02 Å². The van der Waals surface area contributed by atoms with Crippen molar-refractivity contribution >= 4 is 54.5 Å².